The minimum absolute atomic E-state index is 0.0208. The summed E-state index contributed by atoms with van der Waals surface area (Å²) in [5.41, 5.74) is 0. The highest BCUT2D eigenvalue weighted by molar-refractivity contribution is 6.59. The minimum atomic E-state index is -0.204. The van der Waals surface area contributed by atoms with Gasteiger partial charge in [0.15, 0.2) is 0 Å². The number of carbonyl (C=O) groups is 2. The Morgan fingerprint density at radius 2 is 1.47 bits per heavy atom. The Morgan fingerprint density at radius 3 is 1.80 bits per heavy atom. The third kappa shape index (κ3) is 7.00. The van der Waals surface area contributed by atoms with Gasteiger partial charge in [0.1, 0.15) is 0 Å². The maximum Gasteiger partial charge on any atom is 0.374 e. The van der Waals surface area contributed by atoms with Gasteiger partial charge in [0.25, 0.3) is 0 Å². The number of hydrogen-bond acceptors (Lipinski definition) is 2. The highest BCUT2D eigenvalue weighted by atomic mass is 16.2. The van der Waals surface area contributed by atoms with E-state index in [9.17, 15) is 9.59 Å². The number of rotatable bonds is 7. The standard InChI is InChI=1S/C10H21BN2O2/c1-4-7-8-11(12-9(14)5-2)13-10(15)6-3/h4-8H2,1-3H3,(H,12,14)(H,13,15). The van der Waals surface area contributed by atoms with Crippen molar-refractivity contribution in [1.82, 2.24) is 10.5 Å². The van der Waals surface area contributed by atoms with Crippen LogP contribution >= 0.6 is 0 Å². The topological polar surface area (TPSA) is 58.2 Å². The summed E-state index contributed by atoms with van der Waals surface area (Å²) in [6.07, 6.45) is 3.75. The van der Waals surface area contributed by atoms with Crippen molar-refractivity contribution in [2.24, 2.45) is 0 Å². The molecule has 0 aromatic carbocycles. The fourth-order valence-corrected chi connectivity index (χ4v) is 1.18. The molecule has 2 amide bonds. The summed E-state index contributed by atoms with van der Waals surface area (Å²) in [6.45, 7) is 5.48. The predicted molar refractivity (Wildman–Crippen MR) is 62.3 cm³/mol. The molecule has 0 rings (SSSR count). The molecule has 0 aliphatic rings. The molecule has 0 aromatic rings. The van der Waals surface area contributed by atoms with Crippen molar-refractivity contribution in [2.75, 3.05) is 0 Å². The molecule has 0 aromatic heterocycles. The average Bonchev–Trinajstić information content (AvgIpc) is 2.25. The molecular formula is C10H21BN2O2. The quantitative estimate of drug-likeness (QED) is 0.625. The van der Waals surface area contributed by atoms with Crippen molar-refractivity contribution in [3.05, 3.63) is 0 Å². The molecule has 4 nitrogen and oxygen atoms in total. The maximum absolute atomic E-state index is 11.2. The Kier molecular flexibility index (Phi) is 7.77. The predicted octanol–water partition coefficient (Wildman–Crippen LogP) is 1.33. The van der Waals surface area contributed by atoms with Gasteiger partial charge < -0.3 is 10.5 Å². The summed E-state index contributed by atoms with van der Waals surface area (Å²) in [5.74, 6) is -0.0417. The van der Waals surface area contributed by atoms with Crippen molar-refractivity contribution in [3.63, 3.8) is 0 Å². The Morgan fingerprint density at radius 1 is 1.00 bits per heavy atom. The van der Waals surface area contributed by atoms with E-state index in [-0.39, 0.29) is 18.8 Å². The van der Waals surface area contributed by atoms with Crippen molar-refractivity contribution in [1.29, 1.82) is 0 Å². The molecule has 0 fully saturated rings. The first kappa shape index (κ1) is 14.0. The third-order valence-electron chi connectivity index (χ3n) is 2.16. The molecule has 5 heteroatoms. The van der Waals surface area contributed by atoms with Gasteiger partial charge in [0, 0.05) is 12.8 Å². The van der Waals surface area contributed by atoms with E-state index in [2.05, 4.69) is 17.4 Å². The van der Waals surface area contributed by atoms with Gasteiger partial charge in [0.05, 0.1) is 0 Å². The summed E-state index contributed by atoms with van der Waals surface area (Å²) < 4.78 is 0. The second-order valence-corrected chi connectivity index (χ2v) is 3.54. The lowest BCUT2D eigenvalue weighted by Gasteiger charge is -2.14. The summed E-state index contributed by atoms with van der Waals surface area (Å²) in [4.78, 5) is 22.4. The summed E-state index contributed by atoms with van der Waals surface area (Å²) in [7, 11) is 0. The zero-order valence-electron chi connectivity index (χ0n) is 9.93. The van der Waals surface area contributed by atoms with Crippen LogP contribution < -0.4 is 10.5 Å². The van der Waals surface area contributed by atoms with Crippen LogP contribution in [0.2, 0.25) is 6.32 Å². The van der Waals surface area contributed by atoms with E-state index in [1.54, 1.807) is 13.8 Å². The van der Waals surface area contributed by atoms with Crippen LogP contribution in [0.1, 0.15) is 46.5 Å². The van der Waals surface area contributed by atoms with Crippen LogP contribution in [-0.2, 0) is 9.59 Å². The molecule has 0 bridgehead atoms. The molecule has 0 radical (unpaired) electrons. The Hall–Kier alpha value is -0.995. The molecule has 0 saturated heterocycles. The van der Waals surface area contributed by atoms with Gasteiger partial charge in [-0.1, -0.05) is 33.6 Å². The van der Waals surface area contributed by atoms with Crippen LogP contribution in [0.25, 0.3) is 0 Å². The van der Waals surface area contributed by atoms with E-state index in [4.69, 9.17) is 0 Å². The highest BCUT2D eigenvalue weighted by Gasteiger charge is 2.18. The Bertz CT molecular complexity index is 192. The van der Waals surface area contributed by atoms with Crippen LogP contribution in [0.5, 0.6) is 0 Å². The van der Waals surface area contributed by atoms with Gasteiger partial charge in [-0.25, -0.2) is 0 Å². The van der Waals surface area contributed by atoms with E-state index in [0.29, 0.717) is 12.8 Å². The number of nitrogens with one attached hydrogen (secondary N) is 2. The number of unbranched alkanes of at least 4 members (excludes halogenated alkanes) is 1. The minimum Gasteiger partial charge on any atom is -0.380 e. The second-order valence-electron chi connectivity index (χ2n) is 3.54. The highest BCUT2D eigenvalue weighted by Crippen LogP contribution is 1.97. The second kappa shape index (κ2) is 8.32. The third-order valence-corrected chi connectivity index (χ3v) is 2.16. The van der Waals surface area contributed by atoms with Crippen LogP contribution in [0.15, 0.2) is 0 Å². The molecule has 0 unspecified atom stereocenters. The van der Waals surface area contributed by atoms with Gasteiger partial charge in [-0.3, -0.25) is 9.59 Å². The zero-order chi connectivity index (χ0) is 11.7. The molecule has 0 aliphatic carbocycles. The summed E-state index contributed by atoms with van der Waals surface area (Å²) in [5, 5.41) is 5.59. The first-order valence-corrected chi connectivity index (χ1v) is 5.72. The normalized spacial score (nSPS) is 9.53. The molecule has 2 N–H and O–H groups in total. The van der Waals surface area contributed by atoms with Crippen molar-refractivity contribution >= 4 is 18.8 Å². The lowest BCUT2D eigenvalue weighted by Crippen LogP contribution is -2.52. The van der Waals surface area contributed by atoms with Gasteiger partial charge in [-0.2, -0.15) is 0 Å². The van der Waals surface area contributed by atoms with Gasteiger partial charge in [-0.05, 0) is 6.32 Å². The van der Waals surface area contributed by atoms with Crippen molar-refractivity contribution in [3.8, 4) is 0 Å². The SMILES string of the molecule is CCCCB(NC(=O)CC)NC(=O)CC. The molecular weight excluding hydrogens is 191 g/mol. The van der Waals surface area contributed by atoms with E-state index in [1.165, 1.54) is 0 Å². The smallest absolute Gasteiger partial charge is 0.374 e. The van der Waals surface area contributed by atoms with E-state index in [1.807, 2.05) is 0 Å². The van der Waals surface area contributed by atoms with E-state index < -0.39 is 0 Å². The van der Waals surface area contributed by atoms with Gasteiger partial charge in [0.2, 0.25) is 11.8 Å². The van der Waals surface area contributed by atoms with E-state index in [0.717, 1.165) is 19.2 Å². The van der Waals surface area contributed by atoms with Crippen LogP contribution in [-0.4, -0.2) is 18.8 Å². The number of amides is 2. The van der Waals surface area contributed by atoms with Crippen molar-refractivity contribution in [2.45, 2.75) is 52.8 Å². The molecule has 15 heavy (non-hydrogen) atoms. The Balaban J connectivity index is 4.05. The molecule has 0 spiro atoms. The first-order chi connectivity index (χ1) is 7.13. The fourth-order valence-electron chi connectivity index (χ4n) is 1.18. The number of hydrogen-bond donors (Lipinski definition) is 2. The number of carbonyl (C=O) groups excluding carboxylic acids is 2. The maximum atomic E-state index is 11.2. The summed E-state index contributed by atoms with van der Waals surface area (Å²) in [6, 6.07) is 0. The average molecular weight is 212 g/mol. The lowest BCUT2D eigenvalue weighted by molar-refractivity contribution is -0.119. The molecule has 86 valence electrons. The Labute approximate surface area is 92.3 Å². The van der Waals surface area contributed by atoms with E-state index >= 15 is 0 Å². The molecule has 0 saturated carbocycles. The van der Waals surface area contributed by atoms with Crippen LogP contribution in [0.3, 0.4) is 0 Å². The zero-order valence-corrected chi connectivity index (χ0v) is 9.93. The molecule has 0 heterocycles. The van der Waals surface area contributed by atoms with Gasteiger partial charge >= 0.3 is 6.98 Å². The van der Waals surface area contributed by atoms with Crippen LogP contribution in [0, 0.1) is 0 Å². The monoisotopic (exact) mass is 212 g/mol. The molecule has 0 atom stereocenters. The molecule has 0 aliphatic heterocycles. The fraction of sp³-hybridized carbons (Fsp3) is 0.800. The largest absolute Gasteiger partial charge is 0.380 e. The van der Waals surface area contributed by atoms with Crippen molar-refractivity contribution < 1.29 is 9.59 Å². The first-order valence-electron chi connectivity index (χ1n) is 5.72. The van der Waals surface area contributed by atoms with Gasteiger partial charge in [-0.15, -0.1) is 0 Å². The lowest BCUT2D eigenvalue weighted by atomic mass is 9.70. The summed E-state index contributed by atoms with van der Waals surface area (Å²) >= 11 is 0. The van der Waals surface area contributed by atoms with Crippen LogP contribution in [0.4, 0.5) is 0 Å².